The van der Waals surface area contributed by atoms with E-state index in [2.05, 4.69) is 13.8 Å². The number of rotatable bonds is 7. The highest BCUT2D eigenvalue weighted by molar-refractivity contribution is 7.86. The van der Waals surface area contributed by atoms with Gasteiger partial charge in [0.25, 0.3) is 10.1 Å². The monoisotopic (exact) mass is 284 g/mol. The summed E-state index contributed by atoms with van der Waals surface area (Å²) in [5, 5.41) is 0. The standard InChI is InChI=1S/C15H24O3S/c1-12(2)6-5-7-14(4)18-19(16,17)15-10-8-13(3)9-11-15/h8-12,14H,5-7H2,1-4H3. The van der Waals surface area contributed by atoms with Gasteiger partial charge >= 0.3 is 0 Å². The van der Waals surface area contributed by atoms with Crippen molar-refractivity contribution in [2.45, 2.75) is 58.0 Å². The van der Waals surface area contributed by atoms with E-state index >= 15 is 0 Å². The van der Waals surface area contributed by atoms with Crippen molar-refractivity contribution in [3.05, 3.63) is 29.8 Å². The van der Waals surface area contributed by atoms with Crippen molar-refractivity contribution >= 4 is 10.1 Å². The van der Waals surface area contributed by atoms with Crippen LogP contribution in [0.4, 0.5) is 0 Å². The van der Waals surface area contributed by atoms with E-state index in [1.807, 2.05) is 13.8 Å². The highest BCUT2D eigenvalue weighted by atomic mass is 32.2. The lowest BCUT2D eigenvalue weighted by Crippen LogP contribution is -2.15. The lowest BCUT2D eigenvalue weighted by atomic mass is 10.1. The summed E-state index contributed by atoms with van der Waals surface area (Å²) in [6, 6.07) is 6.73. The quantitative estimate of drug-likeness (QED) is 0.713. The van der Waals surface area contributed by atoms with Crippen LogP contribution in [-0.4, -0.2) is 14.5 Å². The number of benzene rings is 1. The van der Waals surface area contributed by atoms with Crippen LogP contribution in [-0.2, 0) is 14.3 Å². The molecule has 1 aromatic rings. The third-order valence-electron chi connectivity index (χ3n) is 2.99. The van der Waals surface area contributed by atoms with Gasteiger partial charge in [0.2, 0.25) is 0 Å². The topological polar surface area (TPSA) is 43.4 Å². The highest BCUT2D eigenvalue weighted by Crippen LogP contribution is 2.18. The SMILES string of the molecule is Cc1ccc(S(=O)(=O)OC(C)CCCC(C)C)cc1. The molecule has 3 nitrogen and oxygen atoms in total. The molecule has 0 aliphatic carbocycles. The molecule has 4 heteroatoms. The summed E-state index contributed by atoms with van der Waals surface area (Å²) in [6.45, 7) is 8.06. The minimum atomic E-state index is -3.63. The van der Waals surface area contributed by atoms with Crippen LogP contribution in [0.25, 0.3) is 0 Å². The van der Waals surface area contributed by atoms with E-state index in [4.69, 9.17) is 4.18 Å². The van der Waals surface area contributed by atoms with E-state index in [1.165, 1.54) is 0 Å². The van der Waals surface area contributed by atoms with Crippen molar-refractivity contribution in [1.29, 1.82) is 0 Å². The van der Waals surface area contributed by atoms with Gasteiger partial charge in [0.15, 0.2) is 0 Å². The van der Waals surface area contributed by atoms with Crippen molar-refractivity contribution in [1.82, 2.24) is 0 Å². The molecule has 0 spiro atoms. The fourth-order valence-electron chi connectivity index (χ4n) is 1.84. The van der Waals surface area contributed by atoms with Gasteiger partial charge in [-0.2, -0.15) is 8.42 Å². The van der Waals surface area contributed by atoms with Crippen LogP contribution in [0.2, 0.25) is 0 Å². The normalized spacial score (nSPS) is 13.7. The van der Waals surface area contributed by atoms with Crippen LogP contribution in [0.1, 0.15) is 45.6 Å². The summed E-state index contributed by atoms with van der Waals surface area (Å²) in [6.07, 6.45) is 2.58. The Morgan fingerprint density at radius 3 is 2.16 bits per heavy atom. The Morgan fingerprint density at radius 2 is 1.63 bits per heavy atom. The van der Waals surface area contributed by atoms with E-state index < -0.39 is 10.1 Å². The van der Waals surface area contributed by atoms with Gasteiger partial charge in [-0.3, -0.25) is 4.18 Å². The van der Waals surface area contributed by atoms with Gasteiger partial charge < -0.3 is 0 Å². The Morgan fingerprint density at radius 1 is 1.05 bits per heavy atom. The molecule has 0 saturated carbocycles. The van der Waals surface area contributed by atoms with E-state index in [-0.39, 0.29) is 11.0 Å². The summed E-state index contributed by atoms with van der Waals surface area (Å²) in [7, 11) is -3.63. The zero-order chi connectivity index (χ0) is 14.5. The predicted octanol–water partition coefficient (Wildman–Crippen LogP) is 3.92. The maximum absolute atomic E-state index is 12.0. The van der Waals surface area contributed by atoms with Crippen LogP contribution < -0.4 is 0 Å². The molecule has 1 aromatic carbocycles. The maximum atomic E-state index is 12.0. The Balaban J connectivity index is 2.57. The first-order chi connectivity index (χ1) is 8.81. The Bertz CT molecular complexity index is 475. The summed E-state index contributed by atoms with van der Waals surface area (Å²) >= 11 is 0. The first-order valence-electron chi connectivity index (χ1n) is 6.81. The van der Waals surface area contributed by atoms with Crippen molar-refractivity contribution < 1.29 is 12.6 Å². The van der Waals surface area contributed by atoms with Gasteiger partial charge in [-0.05, 0) is 38.3 Å². The molecule has 0 N–H and O–H groups in total. The summed E-state index contributed by atoms with van der Waals surface area (Å²) < 4.78 is 29.3. The molecule has 0 fully saturated rings. The second-order valence-corrected chi connectivity index (χ2v) is 7.07. The zero-order valence-corrected chi connectivity index (χ0v) is 13.0. The summed E-state index contributed by atoms with van der Waals surface area (Å²) in [5.74, 6) is 0.640. The number of aryl methyl sites for hydroxylation is 1. The largest absolute Gasteiger partial charge is 0.297 e. The lowest BCUT2D eigenvalue weighted by Gasteiger charge is -2.13. The summed E-state index contributed by atoms with van der Waals surface area (Å²) in [5.41, 5.74) is 1.03. The van der Waals surface area contributed by atoms with E-state index in [0.29, 0.717) is 5.92 Å². The molecule has 0 radical (unpaired) electrons. The van der Waals surface area contributed by atoms with Crippen LogP contribution in [0.5, 0.6) is 0 Å². The zero-order valence-electron chi connectivity index (χ0n) is 12.2. The fourth-order valence-corrected chi connectivity index (χ4v) is 2.95. The first-order valence-corrected chi connectivity index (χ1v) is 8.22. The molecule has 0 aliphatic rings. The molecule has 0 aliphatic heterocycles. The molecule has 0 bridgehead atoms. The Labute approximate surface area is 117 Å². The number of hydrogen-bond acceptors (Lipinski definition) is 3. The molecule has 1 atom stereocenters. The van der Waals surface area contributed by atoms with Gasteiger partial charge in [-0.15, -0.1) is 0 Å². The minimum absolute atomic E-state index is 0.230. The van der Waals surface area contributed by atoms with Crippen LogP contribution >= 0.6 is 0 Å². The highest BCUT2D eigenvalue weighted by Gasteiger charge is 2.18. The van der Waals surface area contributed by atoms with Crippen molar-refractivity contribution in [2.75, 3.05) is 0 Å². The second kappa shape index (κ2) is 7.06. The molecule has 0 saturated heterocycles. The van der Waals surface area contributed by atoms with Gasteiger partial charge in [0, 0.05) is 0 Å². The van der Waals surface area contributed by atoms with E-state index in [1.54, 1.807) is 24.3 Å². The van der Waals surface area contributed by atoms with E-state index in [0.717, 1.165) is 24.8 Å². The smallest absolute Gasteiger partial charge is 0.263 e. The molecular formula is C15H24O3S. The van der Waals surface area contributed by atoms with Crippen molar-refractivity contribution in [3.8, 4) is 0 Å². The van der Waals surface area contributed by atoms with Crippen molar-refractivity contribution in [3.63, 3.8) is 0 Å². The van der Waals surface area contributed by atoms with Crippen molar-refractivity contribution in [2.24, 2.45) is 5.92 Å². The lowest BCUT2D eigenvalue weighted by molar-refractivity contribution is 0.212. The van der Waals surface area contributed by atoms with Gasteiger partial charge in [0.1, 0.15) is 0 Å². The maximum Gasteiger partial charge on any atom is 0.297 e. The van der Waals surface area contributed by atoms with Gasteiger partial charge in [-0.25, -0.2) is 0 Å². The average molecular weight is 284 g/mol. The fraction of sp³-hybridized carbons (Fsp3) is 0.600. The second-order valence-electron chi connectivity index (χ2n) is 5.50. The van der Waals surface area contributed by atoms with E-state index in [9.17, 15) is 8.42 Å². The first kappa shape index (κ1) is 16.2. The third kappa shape index (κ3) is 5.74. The Hall–Kier alpha value is -0.870. The molecular weight excluding hydrogens is 260 g/mol. The van der Waals surface area contributed by atoms with Gasteiger partial charge in [0.05, 0.1) is 11.0 Å². The molecule has 19 heavy (non-hydrogen) atoms. The molecule has 1 unspecified atom stereocenters. The molecule has 108 valence electrons. The third-order valence-corrected chi connectivity index (χ3v) is 4.42. The summed E-state index contributed by atoms with van der Waals surface area (Å²) in [4.78, 5) is 0.230. The number of hydrogen-bond donors (Lipinski definition) is 0. The Kier molecular flexibility index (Phi) is 6.01. The molecule has 0 aromatic heterocycles. The average Bonchev–Trinajstić information content (AvgIpc) is 2.28. The van der Waals surface area contributed by atoms with Crippen LogP contribution in [0.15, 0.2) is 29.2 Å². The molecule has 1 rings (SSSR count). The van der Waals surface area contributed by atoms with Gasteiger partial charge in [-0.1, -0.05) is 44.4 Å². The molecule has 0 amide bonds. The molecule has 0 heterocycles. The van der Waals surface area contributed by atoms with Crippen LogP contribution in [0.3, 0.4) is 0 Å². The van der Waals surface area contributed by atoms with Crippen LogP contribution in [0, 0.1) is 12.8 Å². The minimum Gasteiger partial charge on any atom is -0.263 e. The predicted molar refractivity (Wildman–Crippen MR) is 77.6 cm³/mol.